The standard InChI is InChI=1S/C20H23FN6O3/c1-2-7-23-13-3-4-17(16(21)10-13)26-18-15(11-22)19(25-12-24-18)30-14-5-8-27(9-6-14)20(28)29/h3-4,10,12,14,23H,2,5-9H2,1H3,(H,28,29)(H,24,25,26). The molecular formula is C20H23FN6O3. The number of piperidine rings is 1. The number of benzene rings is 1. The number of nitrogens with one attached hydrogen (secondary N) is 2. The van der Waals surface area contributed by atoms with E-state index in [9.17, 15) is 14.4 Å². The van der Waals surface area contributed by atoms with Gasteiger partial charge in [-0.3, -0.25) is 0 Å². The van der Waals surface area contributed by atoms with Gasteiger partial charge in [0, 0.05) is 38.2 Å². The van der Waals surface area contributed by atoms with Gasteiger partial charge in [0.15, 0.2) is 11.4 Å². The van der Waals surface area contributed by atoms with Gasteiger partial charge >= 0.3 is 6.09 Å². The van der Waals surface area contributed by atoms with E-state index in [1.807, 2.05) is 13.0 Å². The number of rotatable bonds is 7. The summed E-state index contributed by atoms with van der Waals surface area (Å²) in [5.74, 6) is -0.258. The van der Waals surface area contributed by atoms with Crippen molar-refractivity contribution in [2.24, 2.45) is 0 Å². The van der Waals surface area contributed by atoms with Gasteiger partial charge in [-0.2, -0.15) is 5.26 Å². The van der Waals surface area contributed by atoms with Crippen molar-refractivity contribution < 1.29 is 19.0 Å². The third-order valence-electron chi connectivity index (χ3n) is 4.72. The summed E-state index contributed by atoms with van der Waals surface area (Å²) < 4.78 is 20.3. The molecule has 3 N–H and O–H groups in total. The second-order valence-corrected chi connectivity index (χ2v) is 6.85. The molecule has 3 rings (SSSR count). The molecule has 158 valence electrons. The molecule has 0 radical (unpaired) electrons. The van der Waals surface area contributed by atoms with Crippen molar-refractivity contribution in [2.45, 2.75) is 32.3 Å². The fraction of sp³-hybridized carbons (Fsp3) is 0.400. The molecule has 2 heterocycles. The smallest absolute Gasteiger partial charge is 0.407 e. The van der Waals surface area contributed by atoms with Crippen LogP contribution in [0.4, 0.5) is 26.4 Å². The van der Waals surface area contributed by atoms with Crippen LogP contribution in [0.1, 0.15) is 31.7 Å². The molecule has 1 aliphatic rings. The minimum atomic E-state index is -0.961. The lowest BCUT2D eigenvalue weighted by Crippen LogP contribution is -2.41. The molecule has 30 heavy (non-hydrogen) atoms. The highest BCUT2D eigenvalue weighted by atomic mass is 19.1. The molecule has 2 aromatic rings. The van der Waals surface area contributed by atoms with Crippen molar-refractivity contribution in [1.82, 2.24) is 14.9 Å². The number of nitrogens with zero attached hydrogens (tertiary/aromatic N) is 4. The zero-order valence-electron chi connectivity index (χ0n) is 16.6. The fourth-order valence-electron chi connectivity index (χ4n) is 3.10. The van der Waals surface area contributed by atoms with Crippen LogP contribution in [0.15, 0.2) is 24.5 Å². The number of nitriles is 1. The Balaban J connectivity index is 1.73. The summed E-state index contributed by atoms with van der Waals surface area (Å²) in [5.41, 5.74) is 0.901. The van der Waals surface area contributed by atoms with Crippen molar-refractivity contribution in [3.63, 3.8) is 0 Å². The van der Waals surface area contributed by atoms with Crippen molar-refractivity contribution in [3.8, 4) is 11.9 Å². The maximum atomic E-state index is 14.5. The Bertz CT molecular complexity index is 941. The first-order chi connectivity index (χ1) is 14.5. The van der Waals surface area contributed by atoms with Gasteiger partial charge in [-0.05, 0) is 24.6 Å². The largest absolute Gasteiger partial charge is 0.473 e. The van der Waals surface area contributed by atoms with E-state index in [-0.39, 0.29) is 29.1 Å². The molecule has 0 saturated carbocycles. The van der Waals surface area contributed by atoms with Crippen LogP contribution in [0.5, 0.6) is 5.88 Å². The molecule has 1 amide bonds. The van der Waals surface area contributed by atoms with Gasteiger partial charge in [0.1, 0.15) is 24.3 Å². The molecule has 0 spiro atoms. The van der Waals surface area contributed by atoms with E-state index >= 15 is 0 Å². The first kappa shape index (κ1) is 21.1. The second-order valence-electron chi connectivity index (χ2n) is 6.85. The van der Waals surface area contributed by atoms with E-state index in [1.54, 1.807) is 12.1 Å². The Hall–Kier alpha value is -3.61. The Morgan fingerprint density at radius 1 is 1.40 bits per heavy atom. The maximum absolute atomic E-state index is 14.5. The summed E-state index contributed by atoms with van der Waals surface area (Å²) in [6.07, 6.45) is 1.91. The monoisotopic (exact) mass is 414 g/mol. The van der Waals surface area contributed by atoms with E-state index in [2.05, 4.69) is 20.6 Å². The van der Waals surface area contributed by atoms with Crippen LogP contribution in [-0.2, 0) is 0 Å². The summed E-state index contributed by atoms with van der Waals surface area (Å²) in [6.45, 7) is 3.46. The summed E-state index contributed by atoms with van der Waals surface area (Å²) in [6, 6.07) is 6.69. The molecule has 1 aromatic carbocycles. The lowest BCUT2D eigenvalue weighted by molar-refractivity contribution is 0.0869. The Morgan fingerprint density at radius 2 is 2.17 bits per heavy atom. The van der Waals surface area contributed by atoms with E-state index < -0.39 is 11.9 Å². The quantitative estimate of drug-likeness (QED) is 0.628. The lowest BCUT2D eigenvalue weighted by atomic mass is 10.1. The average molecular weight is 414 g/mol. The fourth-order valence-corrected chi connectivity index (χ4v) is 3.10. The predicted octanol–water partition coefficient (Wildman–Crippen LogP) is 3.57. The van der Waals surface area contributed by atoms with Gasteiger partial charge in [0.05, 0.1) is 5.69 Å². The number of carboxylic acid groups (broad SMARTS) is 1. The van der Waals surface area contributed by atoms with Gasteiger partial charge in [0.2, 0.25) is 5.88 Å². The van der Waals surface area contributed by atoms with Gasteiger partial charge in [-0.25, -0.2) is 19.2 Å². The number of likely N-dealkylation sites (tertiary alicyclic amines) is 1. The van der Waals surface area contributed by atoms with E-state index in [0.717, 1.165) is 13.0 Å². The van der Waals surface area contributed by atoms with Crippen molar-refractivity contribution in [2.75, 3.05) is 30.3 Å². The molecule has 1 aliphatic heterocycles. The van der Waals surface area contributed by atoms with E-state index in [0.29, 0.717) is 31.6 Å². The first-order valence-electron chi connectivity index (χ1n) is 9.72. The highest BCUT2D eigenvalue weighted by Crippen LogP contribution is 2.28. The predicted molar refractivity (Wildman–Crippen MR) is 108 cm³/mol. The molecule has 1 aromatic heterocycles. The summed E-state index contributed by atoms with van der Waals surface area (Å²) in [7, 11) is 0. The van der Waals surface area contributed by atoms with Crippen LogP contribution >= 0.6 is 0 Å². The van der Waals surface area contributed by atoms with Gasteiger partial charge in [-0.1, -0.05) is 6.92 Å². The molecule has 0 unspecified atom stereocenters. The molecule has 10 heteroatoms. The van der Waals surface area contributed by atoms with Gasteiger partial charge in [-0.15, -0.1) is 0 Å². The number of carbonyl (C=O) groups is 1. The number of anilines is 3. The van der Waals surface area contributed by atoms with E-state index in [1.165, 1.54) is 17.3 Å². The van der Waals surface area contributed by atoms with Crippen LogP contribution in [0.25, 0.3) is 0 Å². The zero-order valence-corrected chi connectivity index (χ0v) is 16.6. The van der Waals surface area contributed by atoms with Crippen LogP contribution in [0.2, 0.25) is 0 Å². The molecule has 1 fully saturated rings. The summed E-state index contributed by atoms with van der Waals surface area (Å²) in [5, 5.41) is 24.6. The van der Waals surface area contributed by atoms with E-state index in [4.69, 9.17) is 9.84 Å². The zero-order chi connectivity index (χ0) is 21.5. The Morgan fingerprint density at radius 3 is 2.80 bits per heavy atom. The van der Waals surface area contributed by atoms with Crippen LogP contribution in [0.3, 0.4) is 0 Å². The second kappa shape index (κ2) is 9.73. The normalized spacial score (nSPS) is 14.1. The maximum Gasteiger partial charge on any atom is 0.407 e. The SMILES string of the molecule is CCCNc1ccc(Nc2ncnc(OC3CCN(C(=O)O)CC3)c2C#N)c(F)c1. The van der Waals surface area contributed by atoms with Gasteiger partial charge in [0.25, 0.3) is 0 Å². The molecular weight excluding hydrogens is 391 g/mol. The average Bonchev–Trinajstić information content (AvgIpc) is 2.74. The minimum absolute atomic E-state index is 0.0609. The van der Waals surface area contributed by atoms with Gasteiger partial charge < -0.3 is 25.4 Å². The van der Waals surface area contributed by atoms with Crippen molar-refractivity contribution in [1.29, 1.82) is 5.26 Å². The molecule has 1 saturated heterocycles. The van der Waals surface area contributed by atoms with Crippen LogP contribution in [0, 0.1) is 17.1 Å². The molecule has 0 atom stereocenters. The number of hydrogen-bond donors (Lipinski definition) is 3. The number of ether oxygens (including phenoxy) is 1. The lowest BCUT2D eigenvalue weighted by Gasteiger charge is -2.30. The topological polar surface area (TPSA) is 123 Å². The molecule has 0 aliphatic carbocycles. The Kier molecular flexibility index (Phi) is 6.85. The van der Waals surface area contributed by atoms with Crippen molar-refractivity contribution in [3.05, 3.63) is 35.9 Å². The summed E-state index contributed by atoms with van der Waals surface area (Å²) in [4.78, 5) is 20.4. The number of aromatic nitrogens is 2. The Labute approximate surface area is 173 Å². The van der Waals surface area contributed by atoms with Crippen molar-refractivity contribution >= 4 is 23.3 Å². The van der Waals surface area contributed by atoms with Crippen LogP contribution < -0.4 is 15.4 Å². The molecule has 9 nitrogen and oxygen atoms in total. The third-order valence-corrected chi connectivity index (χ3v) is 4.72. The van der Waals surface area contributed by atoms with Crippen LogP contribution in [-0.4, -0.2) is 51.8 Å². The number of hydrogen-bond acceptors (Lipinski definition) is 7. The highest BCUT2D eigenvalue weighted by Gasteiger charge is 2.25. The third kappa shape index (κ3) is 5.05. The highest BCUT2D eigenvalue weighted by molar-refractivity contribution is 5.67. The summed E-state index contributed by atoms with van der Waals surface area (Å²) >= 11 is 0. The first-order valence-corrected chi connectivity index (χ1v) is 9.72. The number of halogens is 1. The number of amides is 1. The molecule has 0 bridgehead atoms. The minimum Gasteiger partial charge on any atom is -0.473 e.